The molecule has 1 atom stereocenters. The lowest BCUT2D eigenvalue weighted by Crippen LogP contribution is -2.16. The molecule has 0 aliphatic carbocycles. The Morgan fingerprint density at radius 3 is 2.50 bits per heavy atom. The lowest BCUT2D eigenvalue weighted by molar-refractivity contribution is 0.265. The zero-order valence-electron chi connectivity index (χ0n) is 9.28. The summed E-state index contributed by atoms with van der Waals surface area (Å²) < 4.78 is 1.82. The molecule has 0 aliphatic rings. The van der Waals surface area contributed by atoms with Gasteiger partial charge in [0.05, 0.1) is 18.3 Å². The number of nitrogens with zero attached hydrogens (tertiary/aromatic N) is 2. The third-order valence-electron chi connectivity index (χ3n) is 2.24. The summed E-state index contributed by atoms with van der Waals surface area (Å²) in [5.41, 5.74) is 7.62. The van der Waals surface area contributed by atoms with E-state index in [1.165, 1.54) is 0 Å². The van der Waals surface area contributed by atoms with Crippen LogP contribution in [0.1, 0.15) is 38.2 Å². The van der Waals surface area contributed by atoms with Crippen molar-refractivity contribution < 1.29 is 5.11 Å². The van der Waals surface area contributed by atoms with E-state index >= 15 is 0 Å². The molecule has 1 aromatic rings. The summed E-state index contributed by atoms with van der Waals surface area (Å²) >= 11 is 0. The SMILES string of the molecule is Cn1nc(C(N)CO)cc1C(C)(C)C. The Labute approximate surface area is 84.7 Å². The van der Waals surface area contributed by atoms with Crippen LogP contribution in [0, 0.1) is 0 Å². The molecule has 14 heavy (non-hydrogen) atoms. The Morgan fingerprint density at radius 2 is 2.14 bits per heavy atom. The van der Waals surface area contributed by atoms with Crippen molar-refractivity contribution in [3.8, 4) is 0 Å². The van der Waals surface area contributed by atoms with Crippen molar-refractivity contribution in [1.29, 1.82) is 0 Å². The molecule has 1 aromatic heterocycles. The third kappa shape index (κ3) is 2.13. The minimum atomic E-state index is -0.378. The molecule has 0 bridgehead atoms. The van der Waals surface area contributed by atoms with Crippen LogP contribution in [0.3, 0.4) is 0 Å². The quantitative estimate of drug-likeness (QED) is 0.734. The monoisotopic (exact) mass is 197 g/mol. The van der Waals surface area contributed by atoms with Gasteiger partial charge in [0.15, 0.2) is 0 Å². The van der Waals surface area contributed by atoms with Gasteiger partial charge >= 0.3 is 0 Å². The molecule has 0 spiro atoms. The van der Waals surface area contributed by atoms with E-state index in [-0.39, 0.29) is 18.1 Å². The van der Waals surface area contributed by atoms with Crippen LogP contribution in [-0.2, 0) is 12.5 Å². The Hall–Kier alpha value is -0.870. The largest absolute Gasteiger partial charge is 0.394 e. The lowest BCUT2D eigenvalue weighted by Gasteiger charge is -2.17. The number of aromatic nitrogens is 2. The third-order valence-corrected chi connectivity index (χ3v) is 2.24. The fraction of sp³-hybridized carbons (Fsp3) is 0.700. The molecule has 80 valence electrons. The second kappa shape index (κ2) is 3.71. The van der Waals surface area contributed by atoms with Gasteiger partial charge in [-0.3, -0.25) is 4.68 Å². The summed E-state index contributed by atoms with van der Waals surface area (Å²) in [7, 11) is 1.90. The van der Waals surface area contributed by atoms with Crippen LogP contribution in [0.15, 0.2) is 6.07 Å². The number of aliphatic hydroxyl groups is 1. The topological polar surface area (TPSA) is 64.1 Å². The van der Waals surface area contributed by atoms with E-state index in [0.717, 1.165) is 11.4 Å². The predicted molar refractivity (Wildman–Crippen MR) is 55.9 cm³/mol. The minimum Gasteiger partial charge on any atom is -0.394 e. The zero-order valence-corrected chi connectivity index (χ0v) is 9.28. The highest BCUT2D eigenvalue weighted by Gasteiger charge is 2.20. The summed E-state index contributed by atoms with van der Waals surface area (Å²) in [4.78, 5) is 0. The first-order valence-corrected chi connectivity index (χ1v) is 4.77. The molecule has 1 unspecified atom stereocenters. The van der Waals surface area contributed by atoms with Crippen molar-refractivity contribution in [2.45, 2.75) is 32.2 Å². The molecule has 0 aromatic carbocycles. The molecule has 0 fully saturated rings. The molecule has 0 amide bonds. The summed E-state index contributed by atoms with van der Waals surface area (Å²) in [5.74, 6) is 0. The first kappa shape index (κ1) is 11.2. The van der Waals surface area contributed by atoms with Gasteiger partial charge in [-0.05, 0) is 6.07 Å². The molecular weight excluding hydrogens is 178 g/mol. The average molecular weight is 197 g/mol. The first-order valence-electron chi connectivity index (χ1n) is 4.77. The van der Waals surface area contributed by atoms with Gasteiger partial charge in [-0.15, -0.1) is 0 Å². The lowest BCUT2D eigenvalue weighted by atomic mass is 9.91. The van der Waals surface area contributed by atoms with Crippen LogP contribution in [0.4, 0.5) is 0 Å². The summed E-state index contributed by atoms with van der Waals surface area (Å²) in [6, 6.07) is 1.58. The predicted octanol–water partition coefficient (Wildman–Crippen LogP) is 0.710. The van der Waals surface area contributed by atoms with E-state index in [2.05, 4.69) is 25.9 Å². The fourth-order valence-electron chi connectivity index (χ4n) is 1.47. The Morgan fingerprint density at radius 1 is 1.57 bits per heavy atom. The van der Waals surface area contributed by atoms with Crippen molar-refractivity contribution in [2.24, 2.45) is 12.8 Å². The van der Waals surface area contributed by atoms with Crippen LogP contribution in [0.25, 0.3) is 0 Å². The van der Waals surface area contributed by atoms with Gasteiger partial charge in [-0.2, -0.15) is 5.10 Å². The van der Waals surface area contributed by atoms with E-state index in [4.69, 9.17) is 10.8 Å². The maximum Gasteiger partial charge on any atom is 0.0818 e. The van der Waals surface area contributed by atoms with Gasteiger partial charge < -0.3 is 10.8 Å². The molecule has 4 nitrogen and oxygen atoms in total. The average Bonchev–Trinajstić information content (AvgIpc) is 2.45. The minimum absolute atomic E-state index is 0.0508. The normalized spacial score (nSPS) is 14.4. The van der Waals surface area contributed by atoms with Gasteiger partial charge in [0.25, 0.3) is 0 Å². The van der Waals surface area contributed by atoms with E-state index in [9.17, 15) is 0 Å². The molecule has 0 saturated carbocycles. The van der Waals surface area contributed by atoms with E-state index < -0.39 is 0 Å². The van der Waals surface area contributed by atoms with Gasteiger partial charge in [-0.1, -0.05) is 20.8 Å². The van der Waals surface area contributed by atoms with Crippen molar-refractivity contribution in [3.05, 3.63) is 17.5 Å². The highest BCUT2D eigenvalue weighted by Crippen LogP contribution is 2.23. The zero-order chi connectivity index (χ0) is 10.9. The van der Waals surface area contributed by atoms with Crippen molar-refractivity contribution in [3.63, 3.8) is 0 Å². The molecule has 0 radical (unpaired) electrons. The standard InChI is InChI=1S/C10H19N3O/c1-10(2,3)9-5-8(7(11)6-14)12-13(9)4/h5,7,14H,6,11H2,1-4H3. The number of nitrogens with two attached hydrogens (primary N) is 1. The Bertz CT molecular complexity index is 312. The first-order chi connectivity index (χ1) is 6.36. The van der Waals surface area contributed by atoms with Crippen molar-refractivity contribution >= 4 is 0 Å². The molecule has 0 saturated heterocycles. The van der Waals surface area contributed by atoms with Crippen LogP contribution in [-0.4, -0.2) is 21.5 Å². The fourth-order valence-corrected chi connectivity index (χ4v) is 1.47. The Kier molecular flexibility index (Phi) is 2.97. The maximum absolute atomic E-state index is 8.92. The number of aryl methyl sites for hydroxylation is 1. The second-order valence-corrected chi connectivity index (χ2v) is 4.62. The number of rotatable bonds is 2. The van der Waals surface area contributed by atoms with Crippen LogP contribution >= 0.6 is 0 Å². The van der Waals surface area contributed by atoms with Crippen molar-refractivity contribution in [2.75, 3.05) is 6.61 Å². The Balaban J connectivity index is 3.05. The number of hydrogen-bond acceptors (Lipinski definition) is 3. The van der Waals surface area contributed by atoms with E-state index in [1.54, 1.807) is 0 Å². The van der Waals surface area contributed by atoms with Gasteiger partial charge in [0, 0.05) is 18.2 Å². The maximum atomic E-state index is 8.92. The number of aliphatic hydroxyl groups excluding tert-OH is 1. The van der Waals surface area contributed by atoms with Crippen LogP contribution in [0.2, 0.25) is 0 Å². The molecule has 1 rings (SSSR count). The molecule has 3 N–H and O–H groups in total. The van der Waals surface area contributed by atoms with E-state index in [1.807, 2.05) is 17.8 Å². The summed E-state index contributed by atoms with van der Waals surface area (Å²) in [5, 5.41) is 13.2. The highest BCUT2D eigenvalue weighted by molar-refractivity contribution is 5.19. The highest BCUT2D eigenvalue weighted by atomic mass is 16.3. The summed E-state index contributed by atoms with van der Waals surface area (Å²) in [6.45, 7) is 6.30. The van der Waals surface area contributed by atoms with E-state index in [0.29, 0.717) is 0 Å². The smallest absolute Gasteiger partial charge is 0.0818 e. The van der Waals surface area contributed by atoms with Gasteiger partial charge in [0.1, 0.15) is 0 Å². The van der Waals surface area contributed by atoms with Crippen LogP contribution < -0.4 is 5.73 Å². The van der Waals surface area contributed by atoms with Crippen LogP contribution in [0.5, 0.6) is 0 Å². The van der Waals surface area contributed by atoms with Gasteiger partial charge in [-0.25, -0.2) is 0 Å². The molecule has 0 aliphatic heterocycles. The van der Waals surface area contributed by atoms with Crippen molar-refractivity contribution in [1.82, 2.24) is 9.78 Å². The number of hydrogen-bond donors (Lipinski definition) is 2. The summed E-state index contributed by atoms with van der Waals surface area (Å²) in [6.07, 6.45) is 0. The second-order valence-electron chi connectivity index (χ2n) is 4.62. The molecule has 1 heterocycles. The molecular formula is C10H19N3O. The van der Waals surface area contributed by atoms with Gasteiger partial charge in [0.2, 0.25) is 0 Å². The molecule has 4 heteroatoms.